The van der Waals surface area contributed by atoms with Gasteiger partial charge in [0.1, 0.15) is 6.04 Å². The summed E-state index contributed by atoms with van der Waals surface area (Å²) >= 11 is 12.3. The lowest BCUT2D eigenvalue weighted by Gasteiger charge is -2.22. The molecule has 0 spiro atoms. The van der Waals surface area contributed by atoms with Crippen LogP contribution in [-0.2, 0) is 4.79 Å². The third-order valence-electron chi connectivity index (χ3n) is 6.96. The van der Waals surface area contributed by atoms with Crippen molar-refractivity contribution in [1.29, 1.82) is 0 Å². The molecule has 4 N–H and O–H groups in total. The third kappa shape index (κ3) is 6.89. The van der Waals surface area contributed by atoms with Gasteiger partial charge in [-0.05, 0) is 48.7 Å². The van der Waals surface area contributed by atoms with Gasteiger partial charge in [0.2, 0.25) is 5.91 Å². The van der Waals surface area contributed by atoms with Gasteiger partial charge in [0.05, 0.1) is 36.5 Å². The molecule has 2 aromatic heterocycles. The first-order chi connectivity index (χ1) is 20.3. The van der Waals surface area contributed by atoms with Crippen molar-refractivity contribution in [3.05, 3.63) is 87.1 Å². The normalized spacial score (nSPS) is 17.6. The monoisotopic (exact) mass is 610 g/mol. The Morgan fingerprint density at radius 2 is 1.95 bits per heavy atom. The Labute approximate surface area is 250 Å². The number of carbonyl (C=O) groups is 2. The molecule has 2 aromatic carbocycles. The number of rotatable bonds is 5. The average Bonchev–Trinajstić information content (AvgIpc) is 3.40. The molecule has 218 valence electrons. The predicted molar refractivity (Wildman–Crippen MR) is 158 cm³/mol. The van der Waals surface area contributed by atoms with Gasteiger partial charge >= 0.3 is 6.09 Å². The molecule has 2 amide bonds. The molecule has 3 heterocycles. The van der Waals surface area contributed by atoms with E-state index in [9.17, 15) is 14.4 Å². The van der Waals surface area contributed by atoms with E-state index in [4.69, 9.17) is 28.3 Å². The van der Waals surface area contributed by atoms with Crippen LogP contribution < -0.4 is 21.5 Å². The van der Waals surface area contributed by atoms with Crippen molar-refractivity contribution < 1.29 is 14.7 Å². The number of halogens is 2. The summed E-state index contributed by atoms with van der Waals surface area (Å²) in [6.07, 6.45) is 4.91. The first-order valence-electron chi connectivity index (χ1n) is 13.4. The summed E-state index contributed by atoms with van der Waals surface area (Å²) in [4.78, 5) is 42.1. The van der Waals surface area contributed by atoms with Crippen LogP contribution in [0.15, 0.2) is 65.8 Å². The number of carboxylic acid groups (broad SMARTS) is 1. The van der Waals surface area contributed by atoms with Crippen LogP contribution in [0.25, 0.3) is 16.9 Å². The minimum absolute atomic E-state index is 0.105. The number of nitrogens with zero attached hydrogens (tertiary/aromatic N) is 5. The maximum absolute atomic E-state index is 13.6. The van der Waals surface area contributed by atoms with E-state index in [1.165, 1.54) is 17.1 Å². The Kier molecular flexibility index (Phi) is 9.03. The second kappa shape index (κ2) is 13.0. The van der Waals surface area contributed by atoms with Gasteiger partial charge in [-0.3, -0.25) is 14.2 Å². The number of anilines is 1. The fourth-order valence-corrected chi connectivity index (χ4v) is 5.24. The van der Waals surface area contributed by atoms with Crippen LogP contribution >= 0.6 is 23.2 Å². The molecule has 1 aliphatic rings. The van der Waals surface area contributed by atoms with Crippen molar-refractivity contribution >= 4 is 40.9 Å². The van der Waals surface area contributed by atoms with Gasteiger partial charge in [-0.1, -0.05) is 53.4 Å². The highest BCUT2D eigenvalue weighted by Crippen LogP contribution is 2.30. The SMILES string of the molecule is O=C(O)NC[C@H]1Nc2cccc(c2)[C@@H](n2cnc(-c3cc(Cl)ccc3-n3cc(Cl)nn3)cc2=O)CCCCCNC1=O. The number of carbonyl (C=O) groups excluding carboxylic acids is 1. The minimum Gasteiger partial charge on any atom is -0.465 e. The van der Waals surface area contributed by atoms with E-state index in [2.05, 4.69) is 31.2 Å². The zero-order valence-corrected chi connectivity index (χ0v) is 23.8. The molecule has 0 unspecified atom stereocenters. The molecule has 0 saturated carbocycles. The van der Waals surface area contributed by atoms with Crippen LogP contribution in [0.5, 0.6) is 0 Å². The van der Waals surface area contributed by atoms with Crippen molar-refractivity contribution in [3.63, 3.8) is 0 Å². The second-order valence-electron chi connectivity index (χ2n) is 9.83. The number of fused-ring (bicyclic) bond motifs is 2. The number of amides is 2. The van der Waals surface area contributed by atoms with Gasteiger partial charge < -0.3 is 21.1 Å². The molecule has 0 aliphatic carbocycles. The molecular weight excluding hydrogens is 583 g/mol. The first-order valence-corrected chi connectivity index (χ1v) is 14.1. The van der Waals surface area contributed by atoms with Gasteiger partial charge in [0, 0.05) is 28.9 Å². The molecule has 0 fully saturated rings. The highest BCUT2D eigenvalue weighted by Gasteiger charge is 2.22. The summed E-state index contributed by atoms with van der Waals surface area (Å²) < 4.78 is 3.10. The molecule has 2 bridgehead atoms. The predicted octanol–water partition coefficient (Wildman–Crippen LogP) is 4.13. The average molecular weight is 611 g/mol. The molecule has 1 aliphatic heterocycles. The lowest BCUT2D eigenvalue weighted by molar-refractivity contribution is -0.121. The third-order valence-corrected chi connectivity index (χ3v) is 7.37. The van der Waals surface area contributed by atoms with E-state index < -0.39 is 12.1 Å². The molecule has 12 nitrogen and oxygen atoms in total. The Balaban J connectivity index is 1.50. The number of nitrogens with one attached hydrogen (secondary N) is 3. The van der Waals surface area contributed by atoms with Crippen molar-refractivity contribution in [1.82, 2.24) is 35.2 Å². The fraction of sp³-hybridized carbons (Fsp3) is 0.286. The van der Waals surface area contributed by atoms with E-state index in [-0.39, 0.29) is 29.2 Å². The molecule has 0 radical (unpaired) electrons. The quantitative estimate of drug-likeness (QED) is 0.263. The summed E-state index contributed by atoms with van der Waals surface area (Å²) in [5, 5.41) is 25.9. The van der Waals surface area contributed by atoms with E-state index in [0.29, 0.717) is 40.6 Å². The fourth-order valence-electron chi connectivity index (χ4n) is 4.94. The first kappa shape index (κ1) is 29.1. The van der Waals surface area contributed by atoms with Crippen LogP contribution in [0.3, 0.4) is 0 Å². The Morgan fingerprint density at radius 1 is 1.10 bits per heavy atom. The van der Waals surface area contributed by atoms with Gasteiger partial charge in [-0.25, -0.2) is 14.5 Å². The number of aromatic nitrogens is 5. The van der Waals surface area contributed by atoms with Crippen molar-refractivity contribution in [3.8, 4) is 16.9 Å². The molecule has 0 saturated heterocycles. The maximum Gasteiger partial charge on any atom is 0.404 e. The molecular formula is C28H28Cl2N8O4. The Hall–Kier alpha value is -4.42. The molecule has 4 aromatic rings. The number of benzene rings is 2. The van der Waals surface area contributed by atoms with Crippen LogP contribution in [-0.4, -0.2) is 60.8 Å². The minimum atomic E-state index is -1.22. The van der Waals surface area contributed by atoms with Crippen LogP contribution in [0.2, 0.25) is 10.2 Å². The number of hydrogen-bond donors (Lipinski definition) is 4. The largest absolute Gasteiger partial charge is 0.465 e. The van der Waals surface area contributed by atoms with Crippen molar-refractivity contribution in [2.75, 3.05) is 18.4 Å². The van der Waals surface area contributed by atoms with E-state index >= 15 is 0 Å². The van der Waals surface area contributed by atoms with Crippen molar-refractivity contribution in [2.45, 2.75) is 37.8 Å². The molecule has 5 rings (SSSR count). The van der Waals surface area contributed by atoms with Crippen molar-refractivity contribution in [2.24, 2.45) is 0 Å². The summed E-state index contributed by atoms with van der Waals surface area (Å²) in [5.74, 6) is -0.297. The Bertz CT molecular complexity index is 1660. The van der Waals surface area contributed by atoms with E-state index in [1.54, 1.807) is 35.0 Å². The highest BCUT2D eigenvalue weighted by molar-refractivity contribution is 6.31. The van der Waals surface area contributed by atoms with Crippen LogP contribution in [0.4, 0.5) is 10.5 Å². The molecule has 2 atom stereocenters. The van der Waals surface area contributed by atoms with Gasteiger partial charge in [0.25, 0.3) is 5.56 Å². The smallest absolute Gasteiger partial charge is 0.404 e. The zero-order valence-electron chi connectivity index (χ0n) is 22.3. The lowest BCUT2D eigenvalue weighted by atomic mass is 9.99. The van der Waals surface area contributed by atoms with Gasteiger partial charge in [-0.15, -0.1) is 5.10 Å². The summed E-state index contributed by atoms with van der Waals surface area (Å²) in [7, 11) is 0. The summed E-state index contributed by atoms with van der Waals surface area (Å²) in [6.45, 7) is 0.355. The van der Waals surface area contributed by atoms with E-state index in [1.807, 2.05) is 18.2 Å². The lowest BCUT2D eigenvalue weighted by Crippen LogP contribution is -2.47. The van der Waals surface area contributed by atoms with Crippen LogP contribution in [0.1, 0.15) is 37.3 Å². The van der Waals surface area contributed by atoms with E-state index in [0.717, 1.165) is 24.8 Å². The second-order valence-corrected chi connectivity index (χ2v) is 10.7. The molecule has 42 heavy (non-hydrogen) atoms. The Morgan fingerprint density at radius 3 is 2.71 bits per heavy atom. The van der Waals surface area contributed by atoms with Gasteiger partial charge in [-0.2, -0.15) is 0 Å². The topological polar surface area (TPSA) is 156 Å². The zero-order chi connectivity index (χ0) is 29.6. The van der Waals surface area contributed by atoms with Crippen LogP contribution in [0, 0.1) is 0 Å². The summed E-state index contributed by atoms with van der Waals surface area (Å²) in [6, 6.07) is 12.9. The number of hydrogen-bond acceptors (Lipinski definition) is 7. The molecule has 14 heteroatoms. The summed E-state index contributed by atoms with van der Waals surface area (Å²) in [5.41, 5.74) is 2.83. The maximum atomic E-state index is 13.6. The highest BCUT2D eigenvalue weighted by atomic mass is 35.5. The standard InChI is InChI=1S/C28H28Cl2N8O4/c29-18-8-9-24(38-15-25(30)35-36-38)20(12-18)21-13-26(39)37(16-33-21)23-7-2-1-3-10-31-27(40)22(14-32-28(41)42)34-19-6-4-5-17(23)11-19/h4-6,8-9,11-13,15-16,22-23,32,34H,1-3,7,10,14H2,(H,31,40)(H,41,42)/t22-,23+/m1/s1. The van der Waals surface area contributed by atoms with Gasteiger partial charge in [0.15, 0.2) is 5.15 Å².